The number of amides is 2. The lowest BCUT2D eigenvalue weighted by atomic mass is 10.1. The van der Waals surface area contributed by atoms with Crippen LogP contribution in [-0.2, 0) is 11.3 Å². The number of rotatable bonds is 6. The smallest absolute Gasteiger partial charge is 0.270 e. The summed E-state index contributed by atoms with van der Waals surface area (Å²) < 4.78 is 0. The van der Waals surface area contributed by atoms with E-state index in [9.17, 15) is 19.7 Å². The molecule has 1 atom stereocenters. The van der Waals surface area contributed by atoms with E-state index < -0.39 is 16.9 Å². The maximum atomic E-state index is 12.7. The van der Waals surface area contributed by atoms with Gasteiger partial charge in [-0.1, -0.05) is 6.07 Å². The van der Waals surface area contributed by atoms with Gasteiger partial charge in [0, 0.05) is 62.8 Å². The molecule has 1 aliphatic rings. The molecule has 0 spiro atoms. The van der Waals surface area contributed by atoms with Crippen LogP contribution < -0.4 is 5.32 Å². The van der Waals surface area contributed by atoms with Gasteiger partial charge in [0.05, 0.1) is 4.92 Å². The average molecular weight is 397 g/mol. The van der Waals surface area contributed by atoms with Crippen molar-refractivity contribution in [1.82, 2.24) is 20.1 Å². The minimum Gasteiger partial charge on any atom is -0.341 e. The molecular formula is C20H23N5O4. The van der Waals surface area contributed by atoms with Crippen LogP contribution in [0.25, 0.3) is 0 Å². The van der Waals surface area contributed by atoms with Crippen molar-refractivity contribution >= 4 is 17.5 Å². The lowest BCUT2D eigenvalue weighted by molar-refractivity contribution is -0.384. The third-order valence-electron chi connectivity index (χ3n) is 4.88. The topological polar surface area (TPSA) is 109 Å². The van der Waals surface area contributed by atoms with Crippen LogP contribution in [0.4, 0.5) is 5.69 Å². The van der Waals surface area contributed by atoms with Crippen molar-refractivity contribution < 1.29 is 14.5 Å². The SMILES string of the molecule is C[C@H](NC(=O)c1cccc([N+](=O)[O-])c1)C(=O)N1CCN(Cc2ccncc2)CC1. The fourth-order valence-electron chi connectivity index (χ4n) is 3.25. The molecule has 3 rings (SSSR count). The van der Waals surface area contributed by atoms with Crippen molar-refractivity contribution in [2.24, 2.45) is 0 Å². The number of hydrogen-bond acceptors (Lipinski definition) is 6. The number of hydrogen-bond donors (Lipinski definition) is 1. The third kappa shape index (κ3) is 5.35. The molecule has 1 N–H and O–H groups in total. The maximum absolute atomic E-state index is 12.7. The normalized spacial score (nSPS) is 15.6. The monoisotopic (exact) mass is 397 g/mol. The maximum Gasteiger partial charge on any atom is 0.270 e. The van der Waals surface area contributed by atoms with Crippen molar-refractivity contribution in [3.05, 3.63) is 70.0 Å². The Bertz CT molecular complexity index is 881. The standard InChI is InChI=1S/C20H23N5O4/c1-15(22-19(26)17-3-2-4-18(13-17)25(28)29)20(27)24-11-9-23(10-12-24)14-16-5-7-21-8-6-16/h2-8,13,15H,9-12,14H2,1H3,(H,22,26)/t15-/m0/s1. The molecule has 1 aromatic carbocycles. The first kappa shape index (κ1) is 20.4. The van der Waals surface area contributed by atoms with Crippen molar-refractivity contribution in [2.45, 2.75) is 19.5 Å². The van der Waals surface area contributed by atoms with E-state index >= 15 is 0 Å². The number of nitrogens with zero attached hydrogens (tertiary/aromatic N) is 4. The first-order valence-electron chi connectivity index (χ1n) is 9.39. The van der Waals surface area contributed by atoms with Crippen LogP contribution >= 0.6 is 0 Å². The van der Waals surface area contributed by atoms with Crippen molar-refractivity contribution in [1.29, 1.82) is 0 Å². The van der Waals surface area contributed by atoms with E-state index in [1.807, 2.05) is 12.1 Å². The van der Waals surface area contributed by atoms with E-state index in [0.29, 0.717) is 13.1 Å². The Morgan fingerprint density at radius 1 is 1.17 bits per heavy atom. The summed E-state index contributed by atoms with van der Waals surface area (Å²) in [6.07, 6.45) is 3.53. The molecule has 1 saturated heterocycles. The zero-order chi connectivity index (χ0) is 20.8. The van der Waals surface area contributed by atoms with Gasteiger partial charge >= 0.3 is 0 Å². The van der Waals surface area contributed by atoms with Crippen LogP contribution in [0.2, 0.25) is 0 Å². The Morgan fingerprint density at radius 2 is 1.86 bits per heavy atom. The van der Waals surface area contributed by atoms with E-state index in [1.165, 1.54) is 29.8 Å². The largest absolute Gasteiger partial charge is 0.341 e. The van der Waals surface area contributed by atoms with Gasteiger partial charge in [-0.25, -0.2) is 0 Å². The average Bonchev–Trinajstić information content (AvgIpc) is 2.74. The highest BCUT2D eigenvalue weighted by Crippen LogP contribution is 2.14. The number of pyridine rings is 1. The Labute approximate surface area is 168 Å². The van der Waals surface area contributed by atoms with E-state index in [2.05, 4.69) is 15.2 Å². The first-order chi connectivity index (χ1) is 13.9. The number of aromatic nitrogens is 1. The van der Waals surface area contributed by atoms with Crippen LogP contribution in [0.3, 0.4) is 0 Å². The summed E-state index contributed by atoms with van der Waals surface area (Å²) in [5.41, 5.74) is 1.17. The molecule has 9 heteroatoms. The van der Waals surface area contributed by atoms with Crippen LogP contribution in [-0.4, -0.2) is 63.7 Å². The van der Waals surface area contributed by atoms with Crippen molar-refractivity contribution in [3.63, 3.8) is 0 Å². The number of piperazine rings is 1. The predicted octanol–water partition coefficient (Wildman–Crippen LogP) is 1.45. The molecule has 0 aliphatic carbocycles. The number of nitro groups is 1. The lowest BCUT2D eigenvalue weighted by Gasteiger charge is -2.36. The summed E-state index contributed by atoms with van der Waals surface area (Å²) >= 11 is 0. The molecule has 0 saturated carbocycles. The molecule has 152 valence electrons. The highest BCUT2D eigenvalue weighted by atomic mass is 16.6. The predicted molar refractivity (Wildman–Crippen MR) is 106 cm³/mol. The van der Waals surface area contributed by atoms with Crippen LogP contribution in [0, 0.1) is 10.1 Å². The van der Waals surface area contributed by atoms with Gasteiger partial charge < -0.3 is 10.2 Å². The number of benzene rings is 1. The summed E-state index contributed by atoms with van der Waals surface area (Å²) in [5, 5.41) is 13.5. The number of carbonyl (C=O) groups excluding carboxylic acids is 2. The first-order valence-corrected chi connectivity index (χ1v) is 9.39. The van der Waals surface area contributed by atoms with Crippen LogP contribution in [0.5, 0.6) is 0 Å². The van der Waals surface area contributed by atoms with Gasteiger partial charge in [-0.3, -0.25) is 29.6 Å². The highest BCUT2D eigenvalue weighted by molar-refractivity contribution is 5.97. The number of carbonyl (C=O) groups is 2. The number of nitro benzene ring substituents is 1. The van der Waals surface area contributed by atoms with E-state index in [-0.39, 0.29) is 17.2 Å². The number of nitrogens with one attached hydrogen (secondary N) is 1. The molecule has 0 unspecified atom stereocenters. The molecule has 1 fully saturated rings. The van der Waals surface area contributed by atoms with Gasteiger partial charge in [0.1, 0.15) is 6.04 Å². The molecule has 0 radical (unpaired) electrons. The van der Waals surface area contributed by atoms with E-state index in [1.54, 1.807) is 24.2 Å². The molecule has 29 heavy (non-hydrogen) atoms. The lowest BCUT2D eigenvalue weighted by Crippen LogP contribution is -2.53. The second kappa shape index (κ2) is 9.24. The van der Waals surface area contributed by atoms with Gasteiger partial charge in [-0.2, -0.15) is 0 Å². The number of non-ortho nitro benzene ring substituents is 1. The molecule has 1 aliphatic heterocycles. The Kier molecular flexibility index (Phi) is 6.50. The highest BCUT2D eigenvalue weighted by Gasteiger charge is 2.26. The van der Waals surface area contributed by atoms with Gasteiger partial charge in [0.2, 0.25) is 5.91 Å². The Balaban J connectivity index is 1.51. The molecule has 0 bridgehead atoms. The van der Waals surface area contributed by atoms with Gasteiger partial charge in [-0.15, -0.1) is 0 Å². The van der Waals surface area contributed by atoms with E-state index in [0.717, 1.165) is 19.6 Å². The summed E-state index contributed by atoms with van der Waals surface area (Å²) in [6, 6.07) is 8.68. The summed E-state index contributed by atoms with van der Waals surface area (Å²) in [6.45, 7) is 5.10. The van der Waals surface area contributed by atoms with Crippen molar-refractivity contribution in [3.8, 4) is 0 Å². The second-order valence-electron chi connectivity index (χ2n) is 6.96. The zero-order valence-corrected chi connectivity index (χ0v) is 16.2. The molecule has 2 amide bonds. The van der Waals surface area contributed by atoms with Crippen molar-refractivity contribution in [2.75, 3.05) is 26.2 Å². The summed E-state index contributed by atoms with van der Waals surface area (Å²) in [4.78, 5) is 43.4. The minimum absolute atomic E-state index is 0.154. The summed E-state index contributed by atoms with van der Waals surface area (Å²) in [5.74, 6) is -0.668. The third-order valence-corrected chi connectivity index (χ3v) is 4.88. The quantitative estimate of drug-likeness (QED) is 0.584. The molecule has 1 aromatic heterocycles. The van der Waals surface area contributed by atoms with Crippen LogP contribution in [0.1, 0.15) is 22.8 Å². The molecule has 2 heterocycles. The van der Waals surface area contributed by atoms with Gasteiger partial charge in [0.25, 0.3) is 11.6 Å². The second-order valence-corrected chi connectivity index (χ2v) is 6.96. The van der Waals surface area contributed by atoms with Gasteiger partial charge in [0.15, 0.2) is 0 Å². The zero-order valence-electron chi connectivity index (χ0n) is 16.2. The minimum atomic E-state index is -0.714. The van der Waals surface area contributed by atoms with E-state index in [4.69, 9.17) is 0 Å². The Hall–Kier alpha value is -3.33. The molecule has 9 nitrogen and oxygen atoms in total. The fourth-order valence-corrected chi connectivity index (χ4v) is 3.25. The molecule has 2 aromatic rings. The fraction of sp³-hybridized carbons (Fsp3) is 0.350. The van der Waals surface area contributed by atoms with Gasteiger partial charge in [-0.05, 0) is 30.7 Å². The Morgan fingerprint density at radius 3 is 2.52 bits per heavy atom. The summed E-state index contributed by atoms with van der Waals surface area (Å²) in [7, 11) is 0. The molecular weight excluding hydrogens is 374 g/mol. The van der Waals surface area contributed by atoms with Crippen LogP contribution in [0.15, 0.2) is 48.8 Å².